The van der Waals surface area contributed by atoms with Crippen molar-refractivity contribution in [3.8, 4) is 5.75 Å². The second-order valence-electron chi connectivity index (χ2n) is 7.46. The number of fused-ring (bicyclic) bond motifs is 1. The highest BCUT2D eigenvalue weighted by atomic mass is 19.1. The summed E-state index contributed by atoms with van der Waals surface area (Å²) in [5.41, 5.74) is 1.32. The Morgan fingerprint density at radius 2 is 2.04 bits per heavy atom. The molecule has 6 heteroatoms. The molecule has 0 fully saturated rings. The van der Waals surface area contributed by atoms with Crippen LogP contribution in [0.25, 0.3) is 0 Å². The van der Waals surface area contributed by atoms with Crippen LogP contribution in [0.2, 0.25) is 0 Å². The summed E-state index contributed by atoms with van der Waals surface area (Å²) in [5, 5.41) is 2.72. The maximum atomic E-state index is 13.8. The lowest BCUT2D eigenvalue weighted by molar-refractivity contribution is -0.137. The van der Waals surface area contributed by atoms with Crippen molar-refractivity contribution < 1.29 is 18.7 Å². The summed E-state index contributed by atoms with van der Waals surface area (Å²) in [5.74, 6) is -0.0326. The van der Waals surface area contributed by atoms with Crippen LogP contribution in [0.3, 0.4) is 0 Å². The molecule has 3 rings (SSSR count). The van der Waals surface area contributed by atoms with Gasteiger partial charge in [0.15, 0.2) is 6.10 Å². The molecule has 5 nitrogen and oxygen atoms in total. The summed E-state index contributed by atoms with van der Waals surface area (Å²) in [6, 6.07) is 11.0. The van der Waals surface area contributed by atoms with Crippen molar-refractivity contribution in [3.05, 3.63) is 59.4 Å². The molecule has 1 heterocycles. The zero-order valence-corrected chi connectivity index (χ0v) is 16.4. The quantitative estimate of drug-likeness (QED) is 0.839. The number of carbonyl (C=O) groups excluding carboxylic acids is 2. The highest BCUT2D eigenvalue weighted by molar-refractivity contribution is 6.04. The number of nitrogens with zero attached hydrogens (tertiary/aromatic N) is 1. The topological polar surface area (TPSA) is 58.6 Å². The van der Waals surface area contributed by atoms with E-state index < -0.39 is 17.8 Å². The van der Waals surface area contributed by atoms with Crippen LogP contribution in [0.15, 0.2) is 42.5 Å². The Morgan fingerprint density at radius 3 is 2.75 bits per heavy atom. The number of halogens is 1. The van der Waals surface area contributed by atoms with Crippen LogP contribution >= 0.6 is 0 Å². The van der Waals surface area contributed by atoms with Crippen LogP contribution in [0, 0.1) is 11.7 Å². The van der Waals surface area contributed by atoms with Gasteiger partial charge in [-0.3, -0.25) is 9.59 Å². The molecule has 1 unspecified atom stereocenters. The van der Waals surface area contributed by atoms with E-state index in [1.54, 1.807) is 36.1 Å². The summed E-state index contributed by atoms with van der Waals surface area (Å²) in [7, 11) is 0. The monoisotopic (exact) mass is 384 g/mol. The number of rotatable bonds is 5. The van der Waals surface area contributed by atoms with E-state index in [2.05, 4.69) is 19.2 Å². The normalized spacial score (nSPS) is 16.4. The van der Waals surface area contributed by atoms with Gasteiger partial charge in [-0.05, 0) is 49.6 Å². The third kappa shape index (κ3) is 4.50. The summed E-state index contributed by atoms with van der Waals surface area (Å²) >= 11 is 0. The third-order valence-corrected chi connectivity index (χ3v) is 4.74. The van der Waals surface area contributed by atoms with Crippen molar-refractivity contribution in [1.29, 1.82) is 0 Å². The zero-order valence-electron chi connectivity index (χ0n) is 16.4. The van der Waals surface area contributed by atoms with E-state index in [0.717, 1.165) is 12.0 Å². The van der Waals surface area contributed by atoms with Crippen molar-refractivity contribution >= 4 is 17.5 Å². The predicted molar refractivity (Wildman–Crippen MR) is 106 cm³/mol. The molecule has 0 aromatic heterocycles. The van der Waals surface area contributed by atoms with E-state index in [1.807, 2.05) is 0 Å². The molecule has 0 saturated carbocycles. The van der Waals surface area contributed by atoms with Gasteiger partial charge in [-0.15, -0.1) is 0 Å². The molecule has 1 aliphatic rings. The highest BCUT2D eigenvalue weighted by Crippen LogP contribution is 2.29. The summed E-state index contributed by atoms with van der Waals surface area (Å²) in [6.07, 6.45) is 0.338. The Kier molecular flexibility index (Phi) is 5.97. The van der Waals surface area contributed by atoms with Gasteiger partial charge >= 0.3 is 0 Å². The molecular formula is C22H25FN2O3. The minimum absolute atomic E-state index is 0.0175. The van der Waals surface area contributed by atoms with Crippen molar-refractivity contribution in [2.24, 2.45) is 5.92 Å². The second kappa shape index (κ2) is 8.42. The summed E-state index contributed by atoms with van der Waals surface area (Å²) < 4.78 is 19.6. The molecule has 0 bridgehead atoms. The SMILES string of the molecule is CC(C)CCN1Cc2cc(NC(=O)c3ccccc3F)ccc2OC(C)C1=O. The van der Waals surface area contributed by atoms with Crippen molar-refractivity contribution in [2.75, 3.05) is 11.9 Å². The lowest BCUT2D eigenvalue weighted by Crippen LogP contribution is -2.38. The van der Waals surface area contributed by atoms with E-state index >= 15 is 0 Å². The van der Waals surface area contributed by atoms with Crippen molar-refractivity contribution in [2.45, 2.75) is 39.8 Å². The van der Waals surface area contributed by atoms with Gasteiger partial charge in [-0.25, -0.2) is 4.39 Å². The Balaban J connectivity index is 1.81. The fraction of sp³-hybridized carbons (Fsp3) is 0.364. The van der Waals surface area contributed by atoms with E-state index in [0.29, 0.717) is 30.4 Å². The van der Waals surface area contributed by atoms with Gasteiger partial charge < -0.3 is 15.0 Å². The number of anilines is 1. The lowest BCUT2D eigenvalue weighted by atomic mass is 10.1. The molecule has 0 saturated heterocycles. The molecule has 2 aromatic rings. The minimum atomic E-state index is -0.572. The minimum Gasteiger partial charge on any atom is -0.481 e. The molecular weight excluding hydrogens is 359 g/mol. The molecule has 2 amide bonds. The van der Waals surface area contributed by atoms with Crippen LogP contribution in [0.4, 0.5) is 10.1 Å². The molecule has 0 radical (unpaired) electrons. The Hall–Kier alpha value is -2.89. The van der Waals surface area contributed by atoms with Crippen LogP contribution < -0.4 is 10.1 Å². The molecule has 2 aromatic carbocycles. The van der Waals surface area contributed by atoms with Gasteiger partial charge in [0.25, 0.3) is 11.8 Å². The molecule has 1 N–H and O–H groups in total. The fourth-order valence-corrected chi connectivity index (χ4v) is 3.12. The summed E-state index contributed by atoms with van der Waals surface area (Å²) in [4.78, 5) is 26.8. The van der Waals surface area contributed by atoms with Gasteiger partial charge in [0, 0.05) is 24.3 Å². The molecule has 1 atom stereocenters. The number of carbonyl (C=O) groups is 2. The number of nitrogens with one attached hydrogen (secondary N) is 1. The van der Waals surface area contributed by atoms with Gasteiger partial charge in [-0.2, -0.15) is 0 Å². The van der Waals surface area contributed by atoms with Crippen LogP contribution in [0.5, 0.6) is 5.75 Å². The average molecular weight is 384 g/mol. The first-order valence-electron chi connectivity index (χ1n) is 9.49. The summed E-state index contributed by atoms with van der Waals surface area (Å²) in [6.45, 7) is 7.04. The fourth-order valence-electron chi connectivity index (χ4n) is 3.12. The first kappa shape index (κ1) is 19.9. The zero-order chi connectivity index (χ0) is 20.3. The number of ether oxygens (including phenoxy) is 1. The highest BCUT2D eigenvalue weighted by Gasteiger charge is 2.28. The molecule has 148 valence electrons. The molecule has 1 aliphatic heterocycles. The first-order chi connectivity index (χ1) is 13.3. The maximum Gasteiger partial charge on any atom is 0.263 e. The van der Waals surface area contributed by atoms with E-state index in [4.69, 9.17) is 4.74 Å². The van der Waals surface area contributed by atoms with Gasteiger partial charge in [-0.1, -0.05) is 26.0 Å². The van der Waals surface area contributed by atoms with Crippen molar-refractivity contribution in [3.63, 3.8) is 0 Å². The smallest absolute Gasteiger partial charge is 0.263 e. The maximum absolute atomic E-state index is 13.8. The van der Waals surface area contributed by atoms with Crippen LogP contribution in [0.1, 0.15) is 43.1 Å². The first-order valence-corrected chi connectivity index (χ1v) is 9.49. The lowest BCUT2D eigenvalue weighted by Gasteiger charge is -2.23. The van der Waals surface area contributed by atoms with Crippen LogP contribution in [-0.4, -0.2) is 29.4 Å². The van der Waals surface area contributed by atoms with E-state index in [-0.39, 0.29) is 11.5 Å². The molecule has 0 spiro atoms. The Morgan fingerprint density at radius 1 is 1.29 bits per heavy atom. The Bertz CT molecular complexity index is 882. The number of benzene rings is 2. The second-order valence-corrected chi connectivity index (χ2v) is 7.46. The van der Waals surface area contributed by atoms with Crippen molar-refractivity contribution in [1.82, 2.24) is 4.90 Å². The van der Waals surface area contributed by atoms with E-state index in [9.17, 15) is 14.0 Å². The third-order valence-electron chi connectivity index (χ3n) is 4.74. The largest absolute Gasteiger partial charge is 0.481 e. The number of hydrogen-bond donors (Lipinski definition) is 1. The number of amides is 2. The standard InChI is InChI=1S/C22H25FN2O3/c1-14(2)10-11-25-13-16-12-17(8-9-20(16)28-15(3)22(25)27)24-21(26)18-6-4-5-7-19(18)23/h4-9,12,14-15H,10-11,13H2,1-3H3,(H,24,26). The molecule has 0 aliphatic carbocycles. The van der Waals surface area contributed by atoms with Crippen LogP contribution in [-0.2, 0) is 11.3 Å². The number of hydrogen-bond acceptors (Lipinski definition) is 3. The van der Waals surface area contributed by atoms with Gasteiger partial charge in [0.1, 0.15) is 11.6 Å². The predicted octanol–water partition coefficient (Wildman–Crippen LogP) is 4.23. The van der Waals surface area contributed by atoms with Gasteiger partial charge in [0.05, 0.1) is 5.56 Å². The average Bonchev–Trinajstić information content (AvgIpc) is 2.77. The van der Waals surface area contributed by atoms with E-state index in [1.165, 1.54) is 18.2 Å². The Labute approximate surface area is 164 Å². The van der Waals surface area contributed by atoms with Gasteiger partial charge in [0.2, 0.25) is 0 Å². The molecule has 28 heavy (non-hydrogen) atoms.